The van der Waals surface area contributed by atoms with Crippen LogP contribution in [0.5, 0.6) is 0 Å². The highest BCUT2D eigenvalue weighted by Gasteiger charge is 2.08. The van der Waals surface area contributed by atoms with Gasteiger partial charge < -0.3 is 10.2 Å². The summed E-state index contributed by atoms with van der Waals surface area (Å²) >= 11 is 0. The average Bonchev–Trinajstić information content (AvgIpc) is 3.08. The van der Waals surface area contributed by atoms with E-state index in [4.69, 9.17) is 0 Å². The lowest BCUT2D eigenvalue weighted by Gasteiger charge is -2.15. The summed E-state index contributed by atoms with van der Waals surface area (Å²) in [6, 6.07) is 5.54. The number of amides is 1. The summed E-state index contributed by atoms with van der Waals surface area (Å²) in [6.07, 6.45) is 7.06. The van der Waals surface area contributed by atoms with Crippen LogP contribution in [0.25, 0.3) is 10.9 Å². The number of fused-ring (bicyclic) bond motifs is 1. The van der Waals surface area contributed by atoms with Crippen molar-refractivity contribution < 1.29 is 4.79 Å². The minimum Gasteiger partial charge on any atom is -0.376 e. The van der Waals surface area contributed by atoms with E-state index in [2.05, 4.69) is 32.7 Å². The first-order valence-electron chi connectivity index (χ1n) is 6.45. The van der Waals surface area contributed by atoms with Gasteiger partial charge in [0.15, 0.2) is 0 Å². The van der Waals surface area contributed by atoms with E-state index in [1.54, 1.807) is 6.20 Å². The van der Waals surface area contributed by atoms with Gasteiger partial charge in [-0.05, 0) is 30.8 Å². The molecule has 3 rings (SSSR count). The number of hydrogen-bond acceptors (Lipinski definition) is 3. The molecule has 5 nitrogen and oxygen atoms in total. The summed E-state index contributed by atoms with van der Waals surface area (Å²) < 4.78 is 0. The zero-order valence-electron chi connectivity index (χ0n) is 10.6. The second kappa shape index (κ2) is 5.14. The molecule has 0 saturated carbocycles. The van der Waals surface area contributed by atoms with Crippen LogP contribution >= 0.6 is 0 Å². The van der Waals surface area contributed by atoms with Crippen molar-refractivity contribution in [3.05, 3.63) is 42.2 Å². The minimum absolute atomic E-state index is 0.0359. The molecule has 19 heavy (non-hydrogen) atoms. The Kier molecular flexibility index (Phi) is 3.18. The van der Waals surface area contributed by atoms with E-state index in [9.17, 15) is 4.79 Å². The molecule has 0 spiro atoms. The van der Waals surface area contributed by atoms with E-state index >= 15 is 0 Å². The molecule has 2 heterocycles. The average molecular weight is 256 g/mol. The Bertz CT molecular complexity index is 617. The first-order valence-corrected chi connectivity index (χ1v) is 6.45. The molecule has 0 atom stereocenters. The molecule has 5 heteroatoms. The number of H-pyrrole nitrogens is 1. The highest BCUT2D eigenvalue weighted by atomic mass is 16.1. The molecule has 0 bridgehead atoms. The van der Waals surface area contributed by atoms with Gasteiger partial charge in [0.05, 0.1) is 11.7 Å². The number of aromatic nitrogens is 2. The number of carbonyl (C=O) groups is 1. The summed E-state index contributed by atoms with van der Waals surface area (Å²) in [5.41, 5.74) is 1.62. The summed E-state index contributed by atoms with van der Waals surface area (Å²) in [7, 11) is 0. The minimum atomic E-state index is -0.0359. The van der Waals surface area contributed by atoms with Crippen molar-refractivity contribution in [1.82, 2.24) is 20.4 Å². The number of nitrogens with zero attached hydrogens (tertiary/aromatic N) is 2. The van der Waals surface area contributed by atoms with Gasteiger partial charge in [0.1, 0.15) is 0 Å². The third kappa shape index (κ3) is 2.59. The molecule has 1 aliphatic rings. The van der Waals surface area contributed by atoms with Crippen LogP contribution in [-0.4, -0.2) is 40.6 Å². The summed E-state index contributed by atoms with van der Waals surface area (Å²) in [4.78, 5) is 14.2. The van der Waals surface area contributed by atoms with Crippen LogP contribution in [0, 0.1) is 0 Å². The molecule has 0 unspecified atom stereocenters. The SMILES string of the molecule is O=C(NCCN1C=CCC1)c1ccc2[nH]ncc2c1. The van der Waals surface area contributed by atoms with Crippen molar-refractivity contribution in [3.8, 4) is 0 Å². The molecule has 2 N–H and O–H groups in total. The summed E-state index contributed by atoms with van der Waals surface area (Å²) in [5.74, 6) is -0.0359. The molecular weight excluding hydrogens is 240 g/mol. The fraction of sp³-hybridized carbons (Fsp3) is 0.286. The molecule has 1 amide bonds. The van der Waals surface area contributed by atoms with Gasteiger partial charge in [-0.2, -0.15) is 5.10 Å². The topological polar surface area (TPSA) is 61.0 Å². The summed E-state index contributed by atoms with van der Waals surface area (Å²) in [6.45, 7) is 2.57. The number of carbonyl (C=O) groups excluding carboxylic acids is 1. The molecule has 98 valence electrons. The van der Waals surface area contributed by atoms with Crippen LogP contribution in [0.1, 0.15) is 16.8 Å². The van der Waals surface area contributed by atoms with Crippen molar-refractivity contribution in [1.29, 1.82) is 0 Å². The van der Waals surface area contributed by atoms with E-state index in [0.29, 0.717) is 12.1 Å². The van der Waals surface area contributed by atoms with Crippen LogP contribution in [-0.2, 0) is 0 Å². The number of aromatic amines is 1. The molecule has 1 aliphatic heterocycles. The molecule has 2 aromatic rings. The molecule has 0 aliphatic carbocycles. The number of benzene rings is 1. The Morgan fingerprint density at radius 1 is 1.47 bits per heavy atom. The normalized spacial score (nSPS) is 14.2. The maximum atomic E-state index is 12.0. The van der Waals surface area contributed by atoms with E-state index < -0.39 is 0 Å². The van der Waals surface area contributed by atoms with Gasteiger partial charge in [0, 0.05) is 30.6 Å². The Morgan fingerprint density at radius 2 is 2.42 bits per heavy atom. The molecular formula is C14H16N4O. The monoisotopic (exact) mass is 256 g/mol. The zero-order chi connectivity index (χ0) is 13.1. The highest BCUT2D eigenvalue weighted by Crippen LogP contribution is 2.12. The zero-order valence-corrected chi connectivity index (χ0v) is 10.6. The highest BCUT2D eigenvalue weighted by molar-refractivity contribution is 5.97. The fourth-order valence-electron chi connectivity index (χ4n) is 2.22. The van der Waals surface area contributed by atoms with E-state index in [-0.39, 0.29) is 5.91 Å². The number of hydrogen-bond donors (Lipinski definition) is 2. The first kappa shape index (κ1) is 11.8. The Hall–Kier alpha value is -2.30. The van der Waals surface area contributed by atoms with Gasteiger partial charge in [0.2, 0.25) is 0 Å². The third-order valence-corrected chi connectivity index (χ3v) is 3.29. The molecule has 0 saturated heterocycles. The maximum absolute atomic E-state index is 12.0. The standard InChI is InChI=1S/C14H16N4O/c19-14(15-5-8-18-6-1-2-7-18)11-3-4-13-12(9-11)10-16-17-13/h1,3-4,6,9-10H,2,5,7-8H2,(H,15,19)(H,16,17). The van der Waals surface area contributed by atoms with Crippen LogP contribution in [0.2, 0.25) is 0 Å². The van der Waals surface area contributed by atoms with Gasteiger partial charge in [-0.1, -0.05) is 6.08 Å². The third-order valence-electron chi connectivity index (χ3n) is 3.29. The van der Waals surface area contributed by atoms with Crippen LogP contribution in [0.4, 0.5) is 0 Å². The lowest BCUT2D eigenvalue weighted by Crippen LogP contribution is -2.31. The smallest absolute Gasteiger partial charge is 0.251 e. The molecule has 1 aromatic carbocycles. The second-order valence-electron chi connectivity index (χ2n) is 4.64. The summed E-state index contributed by atoms with van der Waals surface area (Å²) in [5, 5.41) is 10.7. The van der Waals surface area contributed by atoms with Gasteiger partial charge in [-0.15, -0.1) is 0 Å². The number of rotatable bonds is 4. The lowest BCUT2D eigenvalue weighted by molar-refractivity contribution is 0.0951. The predicted molar refractivity (Wildman–Crippen MR) is 73.8 cm³/mol. The van der Waals surface area contributed by atoms with E-state index in [1.165, 1.54) is 0 Å². The van der Waals surface area contributed by atoms with Gasteiger partial charge in [0.25, 0.3) is 5.91 Å². The Labute approximate surface area is 111 Å². The predicted octanol–water partition coefficient (Wildman–Crippen LogP) is 1.51. The Balaban J connectivity index is 1.58. The van der Waals surface area contributed by atoms with Gasteiger partial charge in [-0.3, -0.25) is 9.89 Å². The molecule has 0 fully saturated rings. The molecule has 1 aromatic heterocycles. The van der Waals surface area contributed by atoms with Crippen molar-refractivity contribution in [3.63, 3.8) is 0 Å². The fourth-order valence-corrected chi connectivity index (χ4v) is 2.22. The van der Waals surface area contributed by atoms with Crippen molar-refractivity contribution in [2.75, 3.05) is 19.6 Å². The van der Waals surface area contributed by atoms with Gasteiger partial charge in [-0.25, -0.2) is 0 Å². The van der Waals surface area contributed by atoms with E-state index in [0.717, 1.165) is 30.4 Å². The van der Waals surface area contributed by atoms with Crippen molar-refractivity contribution in [2.24, 2.45) is 0 Å². The quantitative estimate of drug-likeness (QED) is 0.871. The van der Waals surface area contributed by atoms with Crippen LogP contribution in [0.15, 0.2) is 36.7 Å². The van der Waals surface area contributed by atoms with Crippen LogP contribution < -0.4 is 5.32 Å². The maximum Gasteiger partial charge on any atom is 0.251 e. The van der Waals surface area contributed by atoms with Crippen molar-refractivity contribution >= 4 is 16.8 Å². The number of nitrogens with one attached hydrogen (secondary N) is 2. The van der Waals surface area contributed by atoms with E-state index in [1.807, 2.05) is 18.2 Å². The molecule has 0 radical (unpaired) electrons. The van der Waals surface area contributed by atoms with Gasteiger partial charge >= 0.3 is 0 Å². The van der Waals surface area contributed by atoms with Crippen LogP contribution in [0.3, 0.4) is 0 Å². The van der Waals surface area contributed by atoms with Crippen molar-refractivity contribution in [2.45, 2.75) is 6.42 Å². The first-order chi connectivity index (χ1) is 9.33. The second-order valence-corrected chi connectivity index (χ2v) is 4.64. The Morgan fingerprint density at radius 3 is 3.26 bits per heavy atom. The largest absolute Gasteiger partial charge is 0.376 e. The lowest BCUT2D eigenvalue weighted by atomic mass is 10.1.